The number of carbonyl (C=O) groups is 2. The van der Waals surface area contributed by atoms with Crippen LogP contribution < -0.4 is 14.8 Å². The summed E-state index contributed by atoms with van der Waals surface area (Å²) >= 11 is 5.99. The van der Waals surface area contributed by atoms with E-state index < -0.39 is 10.0 Å². The summed E-state index contributed by atoms with van der Waals surface area (Å²) in [6, 6.07) is 10.4. The quantitative estimate of drug-likeness (QED) is 0.585. The van der Waals surface area contributed by atoms with Crippen molar-refractivity contribution in [1.29, 1.82) is 0 Å². The van der Waals surface area contributed by atoms with Gasteiger partial charge in [-0.25, -0.2) is 8.42 Å². The van der Waals surface area contributed by atoms with Crippen molar-refractivity contribution in [2.75, 3.05) is 31.5 Å². The largest absolute Gasteiger partial charge is 0.495 e. The van der Waals surface area contributed by atoms with Crippen LogP contribution in [-0.4, -0.2) is 51.9 Å². The lowest BCUT2D eigenvalue weighted by Gasteiger charge is -2.32. The van der Waals surface area contributed by atoms with Crippen LogP contribution in [0.15, 0.2) is 47.4 Å². The minimum absolute atomic E-state index is 0.0506. The van der Waals surface area contributed by atoms with E-state index in [0.29, 0.717) is 36.8 Å². The van der Waals surface area contributed by atoms with Crippen molar-refractivity contribution in [1.82, 2.24) is 10.2 Å². The number of rotatable bonds is 8. The molecule has 2 aromatic carbocycles. The number of anilines is 1. The molecule has 10 heteroatoms. The van der Waals surface area contributed by atoms with Crippen molar-refractivity contribution in [2.45, 2.75) is 31.1 Å². The highest BCUT2D eigenvalue weighted by Crippen LogP contribution is 2.30. The third-order valence-electron chi connectivity index (χ3n) is 5.43. The van der Waals surface area contributed by atoms with Gasteiger partial charge in [0.15, 0.2) is 0 Å². The highest BCUT2D eigenvalue weighted by atomic mass is 35.5. The van der Waals surface area contributed by atoms with Gasteiger partial charge in [-0.05, 0) is 55.7 Å². The zero-order chi connectivity index (χ0) is 24.0. The van der Waals surface area contributed by atoms with Crippen LogP contribution in [0.3, 0.4) is 0 Å². The minimum Gasteiger partial charge on any atom is -0.495 e. The zero-order valence-electron chi connectivity index (χ0n) is 18.6. The van der Waals surface area contributed by atoms with Crippen molar-refractivity contribution in [3.8, 4) is 5.75 Å². The number of carbonyl (C=O) groups excluding carboxylic acids is 2. The van der Waals surface area contributed by atoms with Crippen LogP contribution in [0.25, 0.3) is 0 Å². The SMILES string of the molecule is CCCNC(=O)C1CCCN(C(=O)c2cccc(S(=O)(=O)Nc3cc(Cl)ccc3OC)c2)C1. The predicted molar refractivity (Wildman–Crippen MR) is 127 cm³/mol. The average molecular weight is 494 g/mol. The van der Waals surface area contributed by atoms with E-state index in [0.717, 1.165) is 12.8 Å². The molecule has 1 fully saturated rings. The third-order valence-corrected chi connectivity index (χ3v) is 7.02. The Labute approximate surface area is 199 Å². The first-order valence-corrected chi connectivity index (χ1v) is 12.6. The molecule has 1 heterocycles. The predicted octanol–water partition coefficient (Wildman–Crippen LogP) is 3.53. The Balaban J connectivity index is 1.78. The molecule has 0 saturated carbocycles. The maximum absolute atomic E-state index is 13.1. The second-order valence-corrected chi connectivity index (χ2v) is 9.98. The number of hydrogen-bond donors (Lipinski definition) is 2. The Bertz CT molecular complexity index is 1120. The lowest BCUT2D eigenvalue weighted by molar-refractivity contribution is -0.126. The smallest absolute Gasteiger partial charge is 0.262 e. The fraction of sp³-hybridized carbons (Fsp3) is 0.391. The van der Waals surface area contributed by atoms with Gasteiger partial charge in [0.05, 0.1) is 23.6 Å². The molecule has 1 aliphatic rings. The zero-order valence-corrected chi connectivity index (χ0v) is 20.2. The van der Waals surface area contributed by atoms with E-state index >= 15 is 0 Å². The van der Waals surface area contributed by atoms with Crippen molar-refractivity contribution >= 4 is 39.1 Å². The fourth-order valence-corrected chi connectivity index (χ4v) is 4.99. The number of sulfonamides is 1. The maximum atomic E-state index is 13.1. The Morgan fingerprint density at radius 3 is 2.73 bits per heavy atom. The molecule has 33 heavy (non-hydrogen) atoms. The molecule has 0 radical (unpaired) electrons. The molecule has 2 amide bonds. The van der Waals surface area contributed by atoms with Crippen LogP contribution in [0.5, 0.6) is 5.75 Å². The molecule has 0 spiro atoms. The molecule has 2 N–H and O–H groups in total. The highest BCUT2D eigenvalue weighted by molar-refractivity contribution is 7.92. The molecule has 1 unspecified atom stereocenters. The second kappa shape index (κ2) is 10.9. The number of piperidine rings is 1. The maximum Gasteiger partial charge on any atom is 0.262 e. The Hall–Kier alpha value is -2.78. The van der Waals surface area contributed by atoms with Gasteiger partial charge in [-0.3, -0.25) is 14.3 Å². The molecule has 8 nitrogen and oxygen atoms in total. The van der Waals surface area contributed by atoms with Crippen LogP contribution in [0, 0.1) is 5.92 Å². The number of methoxy groups -OCH3 is 1. The Morgan fingerprint density at radius 2 is 2.00 bits per heavy atom. The van der Waals surface area contributed by atoms with Crippen molar-refractivity contribution in [3.05, 3.63) is 53.1 Å². The van der Waals surface area contributed by atoms with E-state index in [1.807, 2.05) is 6.92 Å². The van der Waals surface area contributed by atoms with Crippen LogP contribution >= 0.6 is 11.6 Å². The van der Waals surface area contributed by atoms with Gasteiger partial charge in [0.2, 0.25) is 5.91 Å². The molecule has 178 valence electrons. The highest BCUT2D eigenvalue weighted by Gasteiger charge is 2.29. The standard InChI is InChI=1S/C23H28ClN3O5S/c1-3-11-25-22(28)17-7-5-12-27(15-17)23(29)16-6-4-8-19(13-16)33(30,31)26-20-14-18(24)9-10-21(20)32-2/h4,6,8-10,13-14,17,26H,3,5,7,11-12,15H2,1-2H3,(H,25,28). The van der Waals surface area contributed by atoms with Gasteiger partial charge >= 0.3 is 0 Å². The number of amides is 2. The van der Waals surface area contributed by atoms with Crippen molar-refractivity contribution in [2.24, 2.45) is 5.92 Å². The lowest BCUT2D eigenvalue weighted by Crippen LogP contribution is -2.45. The van der Waals surface area contributed by atoms with Gasteiger partial charge < -0.3 is 15.0 Å². The van der Waals surface area contributed by atoms with Crippen molar-refractivity contribution < 1.29 is 22.7 Å². The molecule has 0 aliphatic carbocycles. The lowest BCUT2D eigenvalue weighted by atomic mass is 9.96. The molecular formula is C23H28ClN3O5S. The van der Waals surface area contributed by atoms with Crippen LogP contribution in [0.2, 0.25) is 5.02 Å². The summed E-state index contributed by atoms with van der Waals surface area (Å²) < 4.78 is 33.6. The van der Waals surface area contributed by atoms with E-state index in [9.17, 15) is 18.0 Å². The van der Waals surface area contributed by atoms with Gasteiger partial charge in [-0.2, -0.15) is 0 Å². The topological polar surface area (TPSA) is 105 Å². The monoisotopic (exact) mass is 493 g/mol. The Kier molecular flexibility index (Phi) is 8.20. The minimum atomic E-state index is -4.01. The first-order chi connectivity index (χ1) is 15.7. The molecule has 3 rings (SSSR count). The van der Waals surface area contributed by atoms with E-state index in [4.69, 9.17) is 16.3 Å². The summed E-state index contributed by atoms with van der Waals surface area (Å²) in [5.74, 6) is -0.306. The summed E-state index contributed by atoms with van der Waals surface area (Å²) in [5, 5.41) is 3.23. The van der Waals surface area contributed by atoms with E-state index in [1.165, 1.54) is 31.4 Å². The summed E-state index contributed by atoms with van der Waals surface area (Å²) in [6.07, 6.45) is 2.28. The summed E-state index contributed by atoms with van der Waals surface area (Å²) in [7, 11) is -2.58. The van der Waals surface area contributed by atoms with Gasteiger partial charge in [0.1, 0.15) is 5.75 Å². The van der Waals surface area contributed by atoms with Gasteiger partial charge in [0.25, 0.3) is 15.9 Å². The van der Waals surface area contributed by atoms with Gasteiger partial charge in [-0.15, -0.1) is 0 Å². The fourth-order valence-electron chi connectivity index (χ4n) is 3.71. The molecule has 1 aliphatic heterocycles. The average Bonchev–Trinajstić information content (AvgIpc) is 2.82. The van der Waals surface area contributed by atoms with E-state index in [2.05, 4.69) is 10.0 Å². The van der Waals surface area contributed by atoms with E-state index in [1.54, 1.807) is 23.1 Å². The summed E-state index contributed by atoms with van der Waals surface area (Å²) in [6.45, 7) is 3.41. The summed E-state index contributed by atoms with van der Waals surface area (Å²) in [5.41, 5.74) is 0.434. The Morgan fingerprint density at radius 1 is 1.21 bits per heavy atom. The molecule has 1 saturated heterocycles. The first-order valence-electron chi connectivity index (χ1n) is 10.8. The molecular weight excluding hydrogens is 466 g/mol. The van der Waals surface area contributed by atoms with Crippen LogP contribution in [0.4, 0.5) is 5.69 Å². The number of hydrogen-bond acceptors (Lipinski definition) is 5. The summed E-state index contributed by atoms with van der Waals surface area (Å²) in [4.78, 5) is 27.0. The number of benzene rings is 2. The second-order valence-electron chi connectivity index (χ2n) is 7.86. The number of nitrogens with zero attached hydrogens (tertiary/aromatic N) is 1. The van der Waals surface area contributed by atoms with Gasteiger partial charge in [-0.1, -0.05) is 24.6 Å². The van der Waals surface area contributed by atoms with Crippen molar-refractivity contribution in [3.63, 3.8) is 0 Å². The van der Waals surface area contributed by atoms with Gasteiger partial charge in [0, 0.05) is 30.2 Å². The number of likely N-dealkylation sites (tertiary alicyclic amines) is 1. The number of nitrogens with one attached hydrogen (secondary N) is 2. The number of ether oxygens (including phenoxy) is 1. The third kappa shape index (κ3) is 6.17. The molecule has 0 aromatic heterocycles. The molecule has 1 atom stereocenters. The van der Waals surface area contributed by atoms with Crippen LogP contribution in [0.1, 0.15) is 36.5 Å². The normalized spacial score (nSPS) is 16.2. The first kappa shape index (κ1) is 24.9. The van der Waals surface area contributed by atoms with Crippen LogP contribution in [-0.2, 0) is 14.8 Å². The molecule has 0 bridgehead atoms. The van der Waals surface area contributed by atoms with E-state index in [-0.39, 0.29) is 33.9 Å². The molecule has 2 aromatic rings. The number of halogens is 1.